The molecule has 34 heavy (non-hydrogen) atoms. The van der Waals surface area contributed by atoms with Crippen molar-refractivity contribution in [3.63, 3.8) is 0 Å². The van der Waals surface area contributed by atoms with Crippen LogP contribution in [-0.4, -0.2) is 25.7 Å². The first-order chi connectivity index (χ1) is 16.1. The van der Waals surface area contributed by atoms with Gasteiger partial charge in [0.05, 0.1) is 15.7 Å². The summed E-state index contributed by atoms with van der Waals surface area (Å²) in [6, 6.07) is 7.83. The molecule has 3 N–H and O–H groups in total. The minimum absolute atomic E-state index is 0.0105. The predicted molar refractivity (Wildman–Crippen MR) is 127 cm³/mol. The van der Waals surface area contributed by atoms with Gasteiger partial charge in [0, 0.05) is 25.4 Å². The highest BCUT2D eigenvalue weighted by Crippen LogP contribution is 2.22. The maximum atomic E-state index is 13.1. The summed E-state index contributed by atoms with van der Waals surface area (Å²) in [5, 5.41) is 1.99. The van der Waals surface area contributed by atoms with Gasteiger partial charge in [-0.2, -0.15) is 0 Å². The highest BCUT2D eigenvalue weighted by Gasteiger charge is 2.17. The van der Waals surface area contributed by atoms with Crippen LogP contribution in [0.15, 0.2) is 48.9 Å². The SMILES string of the molecule is Cn1cc(N)c2ncnc(C(=O)NCc3ccc(F)c(Cl)c3)c21.O=C(Cl)c1ccc(F)c(Cl)c1. The molecule has 0 fully saturated rings. The molecule has 0 saturated carbocycles. The number of nitrogens with two attached hydrogens (primary N) is 1. The second-order valence-electron chi connectivity index (χ2n) is 6.95. The number of nitrogens with zero attached hydrogens (tertiary/aromatic N) is 3. The number of anilines is 1. The van der Waals surface area contributed by atoms with Crippen molar-refractivity contribution in [1.29, 1.82) is 0 Å². The zero-order chi connectivity index (χ0) is 25.0. The zero-order valence-electron chi connectivity index (χ0n) is 17.5. The van der Waals surface area contributed by atoms with Gasteiger partial charge in [-0.15, -0.1) is 0 Å². The molecule has 4 rings (SSSR count). The molecule has 0 unspecified atom stereocenters. The molecule has 0 radical (unpaired) electrons. The first-order valence-electron chi connectivity index (χ1n) is 9.51. The molecule has 0 aliphatic heterocycles. The molecule has 0 saturated heterocycles. The number of nitrogens with one attached hydrogen (secondary N) is 1. The molecule has 12 heteroatoms. The molecule has 2 aromatic heterocycles. The van der Waals surface area contributed by atoms with Crippen LogP contribution in [-0.2, 0) is 13.6 Å². The number of carbonyl (C=O) groups excluding carboxylic acids is 2. The van der Waals surface area contributed by atoms with Crippen molar-refractivity contribution in [1.82, 2.24) is 19.9 Å². The molecule has 0 spiro atoms. The number of hydrogen-bond donors (Lipinski definition) is 2. The Balaban J connectivity index is 0.000000248. The lowest BCUT2D eigenvalue weighted by Gasteiger charge is -2.07. The van der Waals surface area contributed by atoms with E-state index in [0.717, 1.165) is 6.07 Å². The van der Waals surface area contributed by atoms with E-state index in [2.05, 4.69) is 15.3 Å². The Morgan fingerprint density at radius 2 is 1.71 bits per heavy atom. The van der Waals surface area contributed by atoms with E-state index in [-0.39, 0.29) is 33.8 Å². The highest BCUT2D eigenvalue weighted by molar-refractivity contribution is 6.67. The number of carbonyl (C=O) groups is 2. The van der Waals surface area contributed by atoms with E-state index < -0.39 is 16.9 Å². The normalized spacial score (nSPS) is 10.5. The molecule has 0 atom stereocenters. The van der Waals surface area contributed by atoms with Crippen LogP contribution in [0.2, 0.25) is 10.0 Å². The van der Waals surface area contributed by atoms with Crippen LogP contribution >= 0.6 is 34.8 Å². The summed E-state index contributed by atoms with van der Waals surface area (Å²) in [7, 11) is 1.76. The largest absolute Gasteiger partial charge is 0.396 e. The van der Waals surface area contributed by atoms with Gasteiger partial charge in [0.2, 0.25) is 0 Å². The number of fused-ring (bicyclic) bond motifs is 1. The quantitative estimate of drug-likeness (QED) is 0.359. The third-order valence-electron chi connectivity index (χ3n) is 4.58. The molecule has 1 amide bonds. The fourth-order valence-electron chi connectivity index (χ4n) is 2.96. The molecule has 2 heterocycles. The van der Waals surface area contributed by atoms with E-state index in [1.807, 2.05) is 0 Å². The lowest BCUT2D eigenvalue weighted by molar-refractivity contribution is 0.0946. The van der Waals surface area contributed by atoms with E-state index in [0.29, 0.717) is 22.3 Å². The number of aryl methyl sites for hydroxylation is 1. The van der Waals surface area contributed by atoms with Gasteiger partial charge < -0.3 is 15.6 Å². The summed E-state index contributed by atoms with van der Waals surface area (Å²) in [5.41, 5.74) is 8.50. The van der Waals surface area contributed by atoms with E-state index >= 15 is 0 Å². The molecular formula is C22H16Cl3F2N5O2. The summed E-state index contributed by atoms with van der Waals surface area (Å²) in [6.07, 6.45) is 2.97. The van der Waals surface area contributed by atoms with E-state index in [9.17, 15) is 18.4 Å². The van der Waals surface area contributed by atoms with Crippen LogP contribution in [0, 0.1) is 11.6 Å². The Kier molecular flexibility index (Phi) is 8.03. The molecule has 176 valence electrons. The number of nitrogen functional groups attached to an aromatic ring is 1. The predicted octanol–water partition coefficient (Wildman–Crippen LogP) is 5.13. The first-order valence-corrected chi connectivity index (χ1v) is 10.6. The van der Waals surface area contributed by atoms with Crippen LogP contribution in [0.3, 0.4) is 0 Å². The maximum Gasteiger partial charge on any atom is 0.272 e. The Hall–Kier alpha value is -3.27. The van der Waals surface area contributed by atoms with Crippen molar-refractivity contribution >= 4 is 62.7 Å². The van der Waals surface area contributed by atoms with Crippen molar-refractivity contribution < 1.29 is 18.4 Å². The number of benzene rings is 2. The molecule has 7 nitrogen and oxygen atoms in total. The number of rotatable bonds is 4. The van der Waals surface area contributed by atoms with Crippen LogP contribution < -0.4 is 11.1 Å². The van der Waals surface area contributed by atoms with Gasteiger partial charge >= 0.3 is 0 Å². The standard InChI is InChI=1S/C15H13ClFN5O.C7H3Cl2FO/c1-22-6-11(18)12-14(22)13(21-7-20-12)15(23)19-5-8-2-3-10(17)9(16)4-8;8-5-3-4(7(9)11)1-2-6(5)10/h2-4,6-7H,5,18H2,1H3,(H,19,23);1-3H. The second kappa shape index (κ2) is 10.8. The monoisotopic (exact) mass is 525 g/mol. The van der Waals surface area contributed by atoms with Crippen molar-refractivity contribution in [2.75, 3.05) is 5.73 Å². The minimum Gasteiger partial charge on any atom is -0.396 e. The van der Waals surface area contributed by atoms with Crippen molar-refractivity contribution in [3.05, 3.63) is 87.4 Å². The van der Waals surface area contributed by atoms with Gasteiger partial charge in [0.15, 0.2) is 5.69 Å². The number of aromatic nitrogens is 3. The summed E-state index contributed by atoms with van der Waals surface area (Å²) in [6.45, 7) is 0.199. The fourth-order valence-corrected chi connectivity index (χ4v) is 3.46. The lowest BCUT2D eigenvalue weighted by atomic mass is 10.2. The molecule has 2 aromatic carbocycles. The number of halogens is 5. The van der Waals surface area contributed by atoms with Crippen molar-refractivity contribution in [2.24, 2.45) is 7.05 Å². The van der Waals surface area contributed by atoms with Gasteiger partial charge in [-0.1, -0.05) is 29.3 Å². The van der Waals surface area contributed by atoms with E-state index in [4.69, 9.17) is 40.5 Å². The smallest absolute Gasteiger partial charge is 0.272 e. The molecule has 0 aliphatic rings. The Morgan fingerprint density at radius 3 is 2.32 bits per heavy atom. The highest BCUT2D eigenvalue weighted by atomic mass is 35.5. The third-order valence-corrected chi connectivity index (χ3v) is 5.38. The van der Waals surface area contributed by atoms with E-state index in [1.165, 1.54) is 30.6 Å². The van der Waals surface area contributed by atoms with Crippen LogP contribution in [0.1, 0.15) is 26.4 Å². The van der Waals surface area contributed by atoms with Crippen LogP contribution in [0.4, 0.5) is 14.5 Å². The van der Waals surface area contributed by atoms with Crippen LogP contribution in [0.5, 0.6) is 0 Å². The van der Waals surface area contributed by atoms with Gasteiger partial charge in [0.25, 0.3) is 11.1 Å². The molecular weight excluding hydrogens is 511 g/mol. The Labute approximate surface area is 207 Å². The summed E-state index contributed by atoms with van der Waals surface area (Å²) in [4.78, 5) is 31.0. The van der Waals surface area contributed by atoms with Crippen LogP contribution in [0.25, 0.3) is 11.0 Å². The second-order valence-corrected chi connectivity index (χ2v) is 8.11. The first kappa shape index (κ1) is 25.4. The molecule has 4 aromatic rings. The van der Waals surface area contributed by atoms with E-state index in [1.54, 1.807) is 23.9 Å². The lowest BCUT2D eigenvalue weighted by Crippen LogP contribution is -2.24. The number of hydrogen-bond acceptors (Lipinski definition) is 5. The third kappa shape index (κ3) is 5.80. The summed E-state index contributed by atoms with van der Waals surface area (Å²) >= 11 is 16.2. The number of amides is 1. The molecule has 0 bridgehead atoms. The Morgan fingerprint density at radius 1 is 1.06 bits per heavy atom. The maximum absolute atomic E-state index is 13.1. The molecule has 0 aliphatic carbocycles. The van der Waals surface area contributed by atoms with Crippen molar-refractivity contribution in [3.8, 4) is 0 Å². The van der Waals surface area contributed by atoms with Gasteiger partial charge in [-0.25, -0.2) is 18.7 Å². The summed E-state index contributed by atoms with van der Waals surface area (Å²) < 4.78 is 27.3. The van der Waals surface area contributed by atoms with Crippen molar-refractivity contribution in [2.45, 2.75) is 6.54 Å². The average molecular weight is 527 g/mol. The van der Waals surface area contributed by atoms with Gasteiger partial charge in [-0.05, 0) is 47.5 Å². The topological polar surface area (TPSA) is 103 Å². The zero-order valence-corrected chi connectivity index (χ0v) is 19.7. The Bertz CT molecular complexity index is 1390. The summed E-state index contributed by atoms with van der Waals surface area (Å²) in [5.74, 6) is -1.44. The minimum atomic E-state index is -0.646. The van der Waals surface area contributed by atoms with Gasteiger partial charge in [0.1, 0.15) is 29.0 Å². The average Bonchev–Trinajstić information content (AvgIpc) is 3.10. The fraction of sp³-hybridized carbons (Fsp3) is 0.0909. The van der Waals surface area contributed by atoms with Gasteiger partial charge in [-0.3, -0.25) is 9.59 Å².